The maximum atomic E-state index is 13.3. The van der Waals surface area contributed by atoms with E-state index in [2.05, 4.69) is 31.1 Å². The molecule has 1 heterocycles. The van der Waals surface area contributed by atoms with Crippen LogP contribution in [0.3, 0.4) is 0 Å². The van der Waals surface area contributed by atoms with Gasteiger partial charge in [0, 0.05) is 11.3 Å². The van der Waals surface area contributed by atoms with E-state index in [1.807, 2.05) is 30.3 Å². The van der Waals surface area contributed by atoms with E-state index in [1.165, 1.54) is 5.56 Å². The van der Waals surface area contributed by atoms with Crippen LogP contribution in [0.25, 0.3) is 0 Å². The second kappa shape index (κ2) is 9.25. The van der Waals surface area contributed by atoms with Crippen molar-refractivity contribution in [3.63, 3.8) is 0 Å². The summed E-state index contributed by atoms with van der Waals surface area (Å²) in [5, 5.41) is 14.4. The summed E-state index contributed by atoms with van der Waals surface area (Å²) in [5.41, 5.74) is -0.244. The molecule has 0 amide bonds. The summed E-state index contributed by atoms with van der Waals surface area (Å²) in [6.45, 7) is 3.67. The fourth-order valence-electron chi connectivity index (χ4n) is 3.90. The van der Waals surface area contributed by atoms with E-state index in [1.54, 1.807) is 12.1 Å². The number of aliphatic hydroxyl groups excluding tert-OH is 1. The van der Waals surface area contributed by atoms with Gasteiger partial charge in [0.25, 0.3) is 5.56 Å². The summed E-state index contributed by atoms with van der Waals surface area (Å²) in [4.78, 5) is 12.3. The number of hydrogen-bond acceptors (Lipinski definition) is 4. The number of halogens is 3. The number of alkyl halides is 3. The minimum Gasteiger partial charge on any atom is -0.491 e. The molecular weight excluding hydrogens is 445 g/mol. The molecule has 0 saturated heterocycles. The maximum absolute atomic E-state index is 13.3. The molecule has 1 aromatic heterocycles. The zero-order valence-electron chi connectivity index (χ0n) is 19.0. The maximum Gasteiger partial charge on any atom is 0.421 e. The van der Waals surface area contributed by atoms with E-state index in [0.29, 0.717) is 10.4 Å². The Balaban J connectivity index is 1.42. The standard InChI is InChI=1S/C26H27F3N2O3/c1-25(2,18-6-4-3-5-7-18)19-10-12-21(13-11-19)34-16-20(32)15-31-24(33)22(26(27,28)29)14-23(30-31)17-8-9-17/h3-7,10-14,17,20,32H,8-9,15-16H2,1-2H3. The molecule has 1 aliphatic rings. The molecule has 0 spiro atoms. The summed E-state index contributed by atoms with van der Waals surface area (Å²) in [6, 6.07) is 18.4. The molecule has 5 nitrogen and oxygen atoms in total. The number of rotatable bonds is 8. The summed E-state index contributed by atoms with van der Waals surface area (Å²) in [5.74, 6) is 0.440. The number of hydrogen-bond donors (Lipinski definition) is 1. The van der Waals surface area contributed by atoms with Gasteiger partial charge >= 0.3 is 6.18 Å². The minimum absolute atomic E-state index is 0.0694. The fourth-order valence-corrected chi connectivity index (χ4v) is 3.90. The highest BCUT2D eigenvalue weighted by Gasteiger charge is 2.37. The van der Waals surface area contributed by atoms with Crippen molar-refractivity contribution in [1.82, 2.24) is 9.78 Å². The van der Waals surface area contributed by atoms with Crippen molar-refractivity contribution in [3.05, 3.63) is 93.4 Å². The second-order valence-electron chi connectivity index (χ2n) is 9.22. The van der Waals surface area contributed by atoms with Crippen molar-refractivity contribution >= 4 is 0 Å². The molecule has 0 radical (unpaired) electrons. The Bertz CT molecular complexity index is 1180. The molecule has 1 N–H and O–H groups in total. The lowest BCUT2D eigenvalue weighted by Gasteiger charge is -2.26. The van der Waals surface area contributed by atoms with Gasteiger partial charge in [0.1, 0.15) is 24.0 Å². The third-order valence-corrected chi connectivity index (χ3v) is 6.19. The highest BCUT2D eigenvalue weighted by atomic mass is 19.4. The average Bonchev–Trinajstić information content (AvgIpc) is 3.65. The van der Waals surface area contributed by atoms with E-state index in [9.17, 15) is 23.1 Å². The largest absolute Gasteiger partial charge is 0.491 e. The Morgan fingerprint density at radius 1 is 1.06 bits per heavy atom. The third-order valence-electron chi connectivity index (χ3n) is 6.19. The van der Waals surface area contributed by atoms with Gasteiger partial charge in [-0.3, -0.25) is 4.79 Å². The van der Waals surface area contributed by atoms with E-state index < -0.39 is 23.4 Å². The Morgan fingerprint density at radius 3 is 2.26 bits per heavy atom. The van der Waals surface area contributed by atoms with Crippen molar-refractivity contribution in [1.29, 1.82) is 0 Å². The molecule has 2 aromatic carbocycles. The van der Waals surface area contributed by atoms with Gasteiger partial charge in [0.15, 0.2) is 0 Å². The SMILES string of the molecule is CC(C)(c1ccccc1)c1ccc(OCC(O)Cn2nc(C3CC3)cc(C(F)(F)F)c2=O)cc1. The zero-order chi connectivity index (χ0) is 24.5. The van der Waals surface area contributed by atoms with Crippen LogP contribution in [-0.2, 0) is 18.1 Å². The molecule has 8 heteroatoms. The molecule has 1 aliphatic carbocycles. The summed E-state index contributed by atoms with van der Waals surface area (Å²) in [7, 11) is 0. The molecule has 1 saturated carbocycles. The molecule has 1 fully saturated rings. The van der Waals surface area contributed by atoms with Crippen LogP contribution in [0.15, 0.2) is 65.5 Å². The molecule has 1 atom stereocenters. The molecule has 0 aliphatic heterocycles. The predicted octanol–water partition coefficient (Wildman–Crippen LogP) is 4.91. The first-order valence-electron chi connectivity index (χ1n) is 11.2. The topological polar surface area (TPSA) is 64.3 Å². The highest BCUT2D eigenvalue weighted by molar-refractivity contribution is 5.39. The number of aliphatic hydroxyl groups is 1. The number of benzene rings is 2. The normalized spacial score (nSPS) is 15.2. The van der Waals surface area contributed by atoms with Gasteiger partial charge in [-0.05, 0) is 42.2 Å². The van der Waals surface area contributed by atoms with Crippen molar-refractivity contribution < 1.29 is 23.0 Å². The van der Waals surface area contributed by atoms with Crippen LogP contribution in [0.5, 0.6) is 5.75 Å². The molecule has 180 valence electrons. The van der Waals surface area contributed by atoms with Gasteiger partial charge in [-0.2, -0.15) is 18.3 Å². The number of nitrogens with zero attached hydrogens (tertiary/aromatic N) is 2. The molecule has 1 unspecified atom stereocenters. The molecule has 3 aromatic rings. The second-order valence-corrected chi connectivity index (χ2v) is 9.22. The van der Waals surface area contributed by atoms with Crippen LogP contribution in [0.2, 0.25) is 0 Å². The van der Waals surface area contributed by atoms with E-state index in [0.717, 1.165) is 24.5 Å². The first-order chi connectivity index (χ1) is 16.1. The lowest BCUT2D eigenvalue weighted by molar-refractivity contribution is -0.139. The van der Waals surface area contributed by atoms with Gasteiger partial charge in [0.05, 0.1) is 12.2 Å². The Kier molecular flexibility index (Phi) is 6.53. The Hall–Kier alpha value is -3.13. The summed E-state index contributed by atoms with van der Waals surface area (Å²) >= 11 is 0. The average molecular weight is 473 g/mol. The highest BCUT2D eigenvalue weighted by Crippen LogP contribution is 2.40. The lowest BCUT2D eigenvalue weighted by Crippen LogP contribution is -2.36. The summed E-state index contributed by atoms with van der Waals surface area (Å²) in [6.07, 6.45) is -4.50. The summed E-state index contributed by atoms with van der Waals surface area (Å²) < 4.78 is 46.2. The van der Waals surface area contributed by atoms with E-state index >= 15 is 0 Å². The monoisotopic (exact) mass is 472 g/mol. The van der Waals surface area contributed by atoms with E-state index in [4.69, 9.17) is 4.74 Å². The van der Waals surface area contributed by atoms with Crippen LogP contribution in [0.4, 0.5) is 13.2 Å². The quantitative estimate of drug-likeness (QED) is 0.506. The smallest absolute Gasteiger partial charge is 0.421 e. The van der Waals surface area contributed by atoms with Crippen molar-refractivity contribution in [3.8, 4) is 5.75 Å². The van der Waals surface area contributed by atoms with E-state index in [-0.39, 0.29) is 30.2 Å². The zero-order valence-corrected chi connectivity index (χ0v) is 19.0. The van der Waals surface area contributed by atoms with Gasteiger partial charge < -0.3 is 9.84 Å². The molecule has 0 bridgehead atoms. The van der Waals surface area contributed by atoms with Gasteiger partial charge in [-0.25, -0.2) is 4.68 Å². The van der Waals surface area contributed by atoms with Gasteiger partial charge in [-0.1, -0.05) is 56.3 Å². The molecule has 34 heavy (non-hydrogen) atoms. The van der Waals surface area contributed by atoms with Crippen LogP contribution in [0.1, 0.15) is 55.0 Å². The van der Waals surface area contributed by atoms with Crippen LogP contribution >= 0.6 is 0 Å². The van der Waals surface area contributed by atoms with Crippen molar-refractivity contribution in [2.45, 2.75) is 56.8 Å². The Morgan fingerprint density at radius 2 is 1.68 bits per heavy atom. The minimum atomic E-state index is -4.78. The number of ether oxygens (including phenoxy) is 1. The van der Waals surface area contributed by atoms with Gasteiger partial charge in [-0.15, -0.1) is 0 Å². The first kappa shape index (κ1) is 24.0. The fraction of sp³-hybridized carbons (Fsp3) is 0.385. The third kappa shape index (κ3) is 5.33. The van der Waals surface area contributed by atoms with Crippen LogP contribution in [-0.4, -0.2) is 27.6 Å². The molecular formula is C26H27F3N2O3. The first-order valence-corrected chi connectivity index (χ1v) is 11.2. The molecule has 4 rings (SSSR count). The van der Waals surface area contributed by atoms with Crippen molar-refractivity contribution in [2.24, 2.45) is 0 Å². The van der Waals surface area contributed by atoms with Crippen molar-refractivity contribution in [2.75, 3.05) is 6.61 Å². The lowest BCUT2D eigenvalue weighted by atomic mass is 9.78. The number of aromatic nitrogens is 2. The Labute approximate surface area is 195 Å². The predicted molar refractivity (Wildman–Crippen MR) is 122 cm³/mol. The van der Waals surface area contributed by atoms with Crippen LogP contribution < -0.4 is 10.3 Å². The van der Waals surface area contributed by atoms with Gasteiger partial charge in [0.2, 0.25) is 0 Å². The van der Waals surface area contributed by atoms with Crippen LogP contribution in [0, 0.1) is 0 Å².